The maximum absolute atomic E-state index is 12.4. The summed E-state index contributed by atoms with van der Waals surface area (Å²) in [5, 5.41) is 5.51. The Hall–Kier alpha value is -3.15. The van der Waals surface area contributed by atoms with Crippen molar-refractivity contribution in [3.8, 4) is 0 Å². The first-order valence-electron chi connectivity index (χ1n) is 7.93. The Labute approximate surface area is 146 Å². The van der Waals surface area contributed by atoms with E-state index in [2.05, 4.69) is 15.4 Å². The zero-order valence-corrected chi connectivity index (χ0v) is 14.2. The lowest BCUT2D eigenvalue weighted by molar-refractivity contribution is 0.0600. The van der Waals surface area contributed by atoms with E-state index < -0.39 is 5.97 Å². The third-order valence-corrected chi connectivity index (χ3v) is 3.46. The van der Waals surface area contributed by atoms with Crippen molar-refractivity contribution in [1.29, 1.82) is 0 Å². The molecule has 2 amide bonds. The molecule has 6 nitrogen and oxygen atoms in total. The minimum absolute atomic E-state index is 0.189. The lowest BCUT2D eigenvalue weighted by atomic mass is 10.1. The summed E-state index contributed by atoms with van der Waals surface area (Å²) in [6, 6.07) is 12.9. The van der Waals surface area contributed by atoms with Gasteiger partial charge in [-0.15, -0.1) is 0 Å². The number of rotatable bonds is 6. The maximum atomic E-state index is 12.4. The number of methoxy groups -OCH3 is 1. The van der Waals surface area contributed by atoms with Gasteiger partial charge in [0.05, 0.1) is 12.7 Å². The van der Waals surface area contributed by atoms with Crippen molar-refractivity contribution in [2.45, 2.75) is 13.3 Å². The van der Waals surface area contributed by atoms with E-state index in [0.29, 0.717) is 28.9 Å². The molecule has 2 aromatic rings. The Morgan fingerprint density at radius 3 is 2.24 bits per heavy atom. The Morgan fingerprint density at radius 2 is 1.56 bits per heavy atom. The fourth-order valence-electron chi connectivity index (χ4n) is 2.19. The van der Waals surface area contributed by atoms with Gasteiger partial charge in [-0.2, -0.15) is 0 Å². The summed E-state index contributed by atoms with van der Waals surface area (Å²) in [5.74, 6) is -1.08. The molecule has 0 aromatic heterocycles. The van der Waals surface area contributed by atoms with Crippen LogP contribution in [0.4, 0.5) is 5.69 Å². The highest BCUT2D eigenvalue weighted by Crippen LogP contribution is 2.14. The van der Waals surface area contributed by atoms with Gasteiger partial charge >= 0.3 is 5.97 Å². The second-order valence-corrected chi connectivity index (χ2v) is 5.36. The van der Waals surface area contributed by atoms with E-state index >= 15 is 0 Å². The topological polar surface area (TPSA) is 84.5 Å². The van der Waals surface area contributed by atoms with Crippen molar-refractivity contribution in [2.75, 3.05) is 19.0 Å². The summed E-state index contributed by atoms with van der Waals surface area (Å²) in [7, 11) is 1.28. The van der Waals surface area contributed by atoms with Crippen LogP contribution in [0, 0.1) is 0 Å². The van der Waals surface area contributed by atoms with Gasteiger partial charge in [0.25, 0.3) is 11.8 Å². The molecule has 0 saturated carbocycles. The molecule has 0 bridgehead atoms. The minimum atomic E-state index is -0.510. The van der Waals surface area contributed by atoms with Gasteiger partial charge in [0.2, 0.25) is 0 Å². The first-order chi connectivity index (χ1) is 12.0. The smallest absolute Gasteiger partial charge is 0.337 e. The van der Waals surface area contributed by atoms with Crippen LogP contribution in [0.3, 0.4) is 0 Å². The van der Waals surface area contributed by atoms with Crippen molar-refractivity contribution < 1.29 is 19.1 Å². The van der Waals surface area contributed by atoms with Gasteiger partial charge in [-0.1, -0.05) is 19.1 Å². The summed E-state index contributed by atoms with van der Waals surface area (Å²) in [6.45, 7) is 2.56. The van der Waals surface area contributed by atoms with Crippen molar-refractivity contribution in [1.82, 2.24) is 5.32 Å². The highest BCUT2D eigenvalue weighted by atomic mass is 16.5. The standard InChI is InChI=1S/C19H20N2O4/c1-3-10-20-17(22)14-7-5-9-16(12-14)21-18(23)13-6-4-8-15(11-13)19(24)25-2/h4-9,11-12H,3,10H2,1-2H3,(H,20,22)(H,21,23). The van der Waals surface area contributed by atoms with E-state index in [9.17, 15) is 14.4 Å². The van der Waals surface area contributed by atoms with Crippen LogP contribution in [0.2, 0.25) is 0 Å². The SMILES string of the molecule is CCCNC(=O)c1cccc(NC(=O)c2cccc(C(=O)OC)c2)c1. The molecular formula is C19H20N2O4. The normalized spacial score (nSPS) is 10.0. The van der Waals surface area contributed by atoms with E-state index in [1.807, 2.05) is 6.92 Å². The number of ether oxygens (including phenoxy) is 1. The zero-order valence-electron chi connectivity index (χ0n) is 14.2. The van der Waals surface area contributed by atoms with Gasteiger partial charge in [-0.25, -0.2) is 4.79 Å². The van der Waals surface area contributed by atoms with Gasteiger partial charge in [0.1, 0.15) is 0 Å². The average molecular weight is 340 g/mol. The summed E-state index contributed by atoms with van der Waals surface area (Å²) in [5.41, 5.74) is 1.58. The van der Waals surface area contributed by atoms with Gasteiger partial charge in [-0.05, 0) is 42.8 Å². The zero-order chi connectivity index (χ0) is 18.2. The number of benzene rings is 2. The summed E-state index contributed by atoms with van der Waals surface area (Å²) in [4.78, 5) is 35.9. The van der Waals surface area contributed by atoms with Crippen LogP contribution in [0.1, 0.15) is 44.4 Å². The third-order valence-electron chi connectivity index (χ3n) is 3.46. The van der Waals surface area contributed by atoms with Crippen molar-refractivity contribution in [3.63, 3.8) is 0 Å². The number of anilines is 1. The van der Waals surface area contributed by atoms with Crippen molar-refractivity contribution >= 4 is 23.5 Å². The quantitative estimate of drug-likeness (QED) is 0.792. The van der Waals surface area contributed by atoms with Crippen LogP contribution in [0.15, 0.2) is 48.5 Å². The number of hydrogen-bond acceptors (Lipinski definition) is 4. The molecule has 2 rings (SSSR count). The molecule has 0 heterocycles. The largest absolute Gasteiger partial charge is 0.465 e. The first-order valence-corrected chi connectivity index (χ1v) is 7.93. The number of esters is 1. The molecule has 0 aliphatic carbocycles. The molecule has 0 aliphatic heterocycles. The van der Waals surface area contributed by atoms with E-state index in [1.165, 1.54) is 13.2 Å². The van der Waals surface area contributed by atoms with Crippen LogP contribution in [-0.4, -0.2) is 31.4 Å². The van der Waals surface area contributed by atoms with E-state index in [1.54, 1.807) is 42.5 Å². The number of carbonyl (C=O) groups is 3. The molecule has 6 heteroatoms. The molecule has 0 fully saturated rings. The van der Waals surface area contributed by atoms with E-state index in [0.717, 1.165) is 6.42 Å². The predicted octanol–water partition coefficient (Wildman–Crippen LogP) is 2.87. The van der Waals surface area contributed by atoms with Crippen molar-refractivity contribution in [2.24, 2.45) is 0 Å². The fraction of sp³-hybridized carbons (Fsp3) is 0.211. The van der Waals surface area contributed by atoms with Gasteiger partial charge < -0.3 is 15.4 Å². The molecule has 0 spiro atoms. The van der Waals surface area contributed by atoms with Crippen LogP contribution in [0.5, 0.6) is 0 Å². The Kier molecular flexibility index (Phi) is 6.28. The predicted molar refractivity (Wildman–Crippen MR) is 94.8 cm³/mol. The Balaban J connectivity index is 2.13. The van der Waals surface area contributed by atoms with Crippen LogP contribution >= 0.6 is 0 Å². The van der Waals surface area contributed by atoms with E-state index in [4.69, 9.17) is 0 Å². The summed E-state index contributed by atoms with van der Waals surface area (Å²) >= 11 is 0. The molecule has 0 aliphatic rings. The minimum Gasteiger partial charge on any atom is -0.465 e. The number of carbonyl (C=O) groups excluding carboxylic acids is 3. The molecule has 0 unspecified atom stereocenters. The average Bonchev–Trinajstić information content (AvgIpc) is 2.65. The maximum Gasteiger partial charge on any atom is 0.337 e. The van der Waals surface area contributed by atoms with Crippen LogP contribution < -0.4 is 10.6 Å². The summed E-state index contributed by atoms with van der Waals surface area (Å²) < 4.78 is 4.65. The van der Waals surface area contributed by atoms with Crippen molar-refractivity contribution in [3.05, 3.63) is 65.2 Å². The number of nitrogens with one attached hydrogen (secondary N) is 2. The first kappa shape index (κ1) is 18.2. The molecule has 0 atom stereocenters. The van der Waals surface area contributed by atoms with Gasteiger partial charge in [0.15, 0.2) is 0 Å². The molecule has 2 N–H and O–H groups in total. The molecule has 0 radical (unpaired) electrons. The van der Waals surface area contributed by atoms with Crippen LogP contribution in [-0.2, 0) is 4.74 Å². The van der Waals surface area contributed by atoms with E-state index in [-0.39, 0.29) is 11.8 Å². The second-order valence-electron chi connectivity index (χ2n) is 5.36. The fourth-order valence-corrected chi connectivity index (χ4v) is 2.19. The highest BCUT2D eigenvalue weighted by molar-refractivity contribution is 6.06. The monoisotopic (exact) mass is 340 g/mol. The number of hydrogen-bond donors (Lipinski definition) is 2. The lowest BCUT2D eigenvalue weighted by Gasteiger charge is -2.09. The molecule has 2 aromatic carbocycles. The van der Waals surface area contributed by atoms with Gasteiger partial charge in [0, 0.05) is 23.4 Å². The second kappa shape index (κ2) is 8.63. The van der Waals surface area contributed by atoms with Gasteiger partial charge in [-0.3, -0.25) is 9.59 Å². The molecular weight excluding hydrogens is 320 g/mol. The molecule has 130 valence electrons. The Bertz CT molecular complexity index is 786. The Morgan fingerprint density at radius 1 is 0.920 bits per heavy atom. The highest BCUT2D eigenvalue weighted by Gasteiger charge is 2.12. The number of amides is 2. The third kappa shape index (κ3) is 4.91. The molecule has 25 heavy (non-hydrogen) atoms. The lowest BCUT2D eigenvalue weighted by Crippen LogP contribution is -2.24. The molecule has 0 saturated heterocycles. The van der Waals surface area contributed by atoms with Crippen LogP contribution in [0.25, 0.3) is 0 Å². The summed E-state index contributed by atoms with van der Waals surface area (Å²) in [6.07, 6.45) is 0.846.